The van der Waals surface area contributed by atoms with Gasteiger partial charge in [0.25, 0.3) is 5.91 Å². The molecular weight excluding hydrogens is 368 g/mol. The van der Waals surface area contributed by atoms with Gasteiger partial charge < -0.3 is 19.0 Å². The van der Waals surface area contributed by atoms with E-state index >= 15 is 0 Å². The molecule has 1 aromatic heterocycles. The highest BCUT2D eigenvalue weighted by Crippen LogP contribution is 2.30. The number of rotatable bonds is 4. The van der Waals surface area contributed by atoms with Gasteiger partial charge >= 0.3 is 0 Å². The Labute approximate surface area is 168 Å². The monoisotopic (exact) mass is 388 g/mol. The van der Waals surface area contributed by atoms with Crippen molar-refractivity contribution in [2.45, 2.75) is 0 Å². The fourth-order valence-electron chi connectivity index (χ4n) is 3.33. The van der Waals surface area contributed by atoms with E-state index in [0.29, 0.717) is 43.5 Å². The Morgan fingerprint density at radius 3 is 2.38 bits per heavy atom. The molecule has 7 nitrogen and oxygen atoms in total. The Kier molecular flexibility index (Phi) is 5.16. The first-order chi connectivity index (χ1) is 14.2. The van der Waals surface area contributed by atoms with Crippen LogP contribution in [-0.4, -0.2) is 49.1 Å². The fraction of sp³-hybridized carbons (Fsp3) is 0.227. The lowest BCUT2D eigenvalue weighted by atomic mass is 10.2. The molecule has 0 radical (unpaired) electrons. The maximum absolute atomic E-state index is 12.6. The molecule has 29 heavy (non-hydrogen) atoms. The molecule has 4 rings (SSSR count). The third-order valence-corrected chi connectivity index (χ3v) is 4.93. The Bertz CT molecular complexity index is 1030. The van der Waals surface area contributed by atoms with Crippen molar-refractivity contribution in [2.75, 3.05) is 38.2 Å². The van der Waals surface area contributed by atoms with E-state index in [9.17, 15) is 10.1 Å². The van der Waals surface area contributed by atoms with Crippen LogP contribution >= 0.6 is 0 Å². The van der Waals surface area contributed by atoms with Crippen molar-refractivity contribution in [2.24, 2.45) is 0 Å². The number of hydrogen-bond donors (Lipinski definition) is 0. The number of methoxy groups -OCH3 is 1. The molecule has 0 N–H and O–H groups in total. The summed E-state index contributed by atoms with van der Waals surface area (Å²) in [6.07, 6.45) is 0. The van der Waals surface area contributed by atoms with E-state index < -0.39 is 0 Å². The van der Waals surface area contributed by atoms with Gasteiger partial charge in [-0.25, -0.2) is 0 Å². The number of amides is 1. The van der Waals surface area contributed by atoms with Crippen molar-refractivity contribution < 1.29 is 13.9 Å². The summed E-state index contributed by atoms with van der Waals surface area (Å²) in [6, 6.07) is 18.7. The summed E-state index contributed by atoms with van der Waals surface area (Å²) in [7, 11) is 1.61. The predicted molar refractivity (Wildman–Crippen MR) is 108 cm³/mol. The van der Waals surface area contributed by atoms with Crippen LogP contribution in [0.2, 0.25) is 0 Å². The maximum atomic E-state index is 12.6. The lowest BCUT2D eigenvalue weighted by Gasteiger charge is -2.34. The van der Waals surface area contributed by atoms with Gasteiger partial charge in [-0.1, -0.05) is 18.2 Å². The minimum atomic E-state index is 0.0160. The molecule has 0 saturated carbocycles. The fourth-order valence-corrected chi connectivity index (χ4v) is 3.33. The smallest absolute Gasteiger partial charge is 0.253 e. The summed E-state index contributed by atoms with van der Waals surface area (Å²) in [6.45, 7) is 2.25. The van der Waals surface area contributed by atoms with E-state index in [1.54, 1.807) is 7.11 Å². The molecule has 0 atom stereocenters. The summed E-state index contributed by atoms with van der Waals surface area (Å²) < 4.78 is 11.1. The quantitative estimate of drug-likeness (QED) is 0.683. The standard InChI is InChI=1S/C22H20N4O3/c1-28-18-9-7-16(8-10-18)20-24-19(15-23)22(29-20)26-13-11-25(12-14-26)21(27)17-5-3-2-4-6-17/h2-10H,11-14H2,1H3. The summed E-state index contributed by atoms with van der Waals surface area (Å²) >= 11 is 0. The van der Waals surface area contributed by atoms with E-state index in [0.717, 1.165) is 11.3 Å². The SMILES string of the molecule is COc1ccc(-c2nc(C#N)c(N3CCN(C(=O)c4ccccc4)CC3)o2)cc1. The summed E-state index contributed by atoms with van der Waals surface area (Å²) in [4.78, 5) is 20.7. The van der Waals surface area contributed by atoms with E-state index in [-0.39, 0.29) is 11.6 Å². The van der Waals surface area contributed by atoms with Crippen LogP contribution in [-0.2, 0) is 0 Å². The third kappa shape index (κ3) is 3.78. The van der Waals surface area contributed by atoms with Crippen LogP contribution < -0.4 is 9.64 Å². The largest absolute Gasteiger partial charge is 0.497 e. The molecule has 0 bridgehead atoms. The molecule has 1 aliphatic rings. The molecule has 0 unspecified atom stereocenters. The third-order valence-electron chi connectivity index (χ3n) is 4.93. The molecule has 1 saturated heterocycles. The number of ether oxygens (including phenoxy) is 1. The summed E-state index contributed by atoms with van der Waals surface area (Å²) in [5.41, 5.74) is 1.70. The van der Waals surface area contributed by atoms with Crippen molar-refractivity contribution in [3.8, 4) is 23.3 Å². The average molecular weight is 388 g/mol. The van der Waals surface area contributed by atoms with Gasteiger partial charge in [-0.2, -0.15) is 10.2 Å². The molecule has 0 aliphatic carbocycles. The van der Waals surface area contributed by atoms with Crippen molar-refractivity contribution >= 4 is 11.8 Å². The number of nitrogens with zero attached hydrogens (tertiary/aromatic N) is 4. The van der Waals surface area contributed by atoms with Gasteiger partial charge in [0.2, 0.25) is 17.5 Å². The van der Waals surface area contributed by atoms with Crippen LogP contribution in [0.1, 0.15) is 16.1 Å². The van der Waals surface area contributed by atoms with E-state index in [2.05, 4.69) is 11.1 Å². The van der Waals surface area contributed by atoms with Crippen LogP contribution in [0.3, 0.4) is 0 Å². The Morgan fingerprint density at radius 1 is 1.07 bits per heavy atom. The van der Waals surface area contributed by atoms with Crippen LogP contribution in [0.25, 0.3) is 11.5 Å². The summed E-state index contributed by atoms with van der Waals surface area (Å²) in [5.74, 6) is 1.59. The van der Waals surface area contributed by atoms with Crippen molar-refractivity contribution in [1.29, 1.82) is 5.26 Å². The number of aromatic nitrogens is 1. The number of anilines is 1. The molecule has 0 spiro atoms. The maximum Gasteiger partial charge on any atom is 0.253 e. The number of oxazole rings is 1. The van der Waals surface area contributed by atoms with Crippen molar-refractivity contribution in [3.63, 3.8) is 0 Å². The Morgan fingerprint density at radius 2 is 1.76 bits per heavy atom. The number of benzene rings is 2. The highest BCUT2D eigenvalue weighted by Gasteiger charge is 2.27. The molecule has 2 aromatic carbocycles. The van der Waals surface area contributed by atoms with Crippen LogP contribution in [0, 0.1) is 11.3 Å². The highest BCUT2D eigenvalue weighted by atomic mass is 16.5. The second-order valence-corrected chi connectivity index (χ2v) is 6.66. The zero-order chi connectivity index (χ0) is 20.2. The van der Waals surface area contributed by atoms with Gasteiger partial charge in [0.05, 0.1) is 7.11 Å². The van der Waals surface area contributed by atoms with E-state index in [4.69, 9.17) is 9.15 Å². The molecule has 146 valence electrons. The number of piperazine rings is 1. The molecule has 7 heteroatoms. The van der Waals surface area contributed by atoms with Gasteiger partial charge in [-0.15, -0.1) is 0 Å². The van der Waals surface area contributed by atoms with Crippen LogP contribution in [0.15, 0.2) is 59.0 Å². The Hall–Kier alpha value is -3.79. The molecular formula is C22H20N4O3. The summed E-state index contributed by atoms with van der Waals surface area (Å²) in [5, 5.41) is 9.50. The second kappa shape index (κ2) is 8.07. The number of nitriles is 1. The number of carbonyl (C=O) groups excluding carboxylic acids is 1. The zero-order valence-electron chi connectivity index (χ0n) is 16.0. The topological polar surface area (TPSA) is 82.6 Å². The van der Waals surface area contributed by atoms with Crippen LogP contribution in [0.5, 0.6) is 5.75 Å². The molecule has 2 heterocycles. The van der Waals surface area contributed by atoms with Gasteiger partial charge in [0.15, 0.2) is 0 Å². The molecule has 1 amide bonds. The first kappa shape index (κ1) is 18.6. The first-order valence-corrected chi connectivity index (χ1v) is 9.34. The Balaban J connectivity index is 1.49. The molecule has 3 aromatic rings. The van der Waals surface area contributed by atoms with E-state index in [1.807, 2.05) is 64.4 Å². The van der Waals surface area contributed by atoms with E-state index in [1.165, 1.54) is 0 Å². The minimum absolute atomic E-state index is 0.0160. The van der Waals surface area contributed by atoms with Gasteiger partial charge in [-0.05, 0) is 36.4 Å². The zero-order valence-corrected chi connectivity index (χ0v) is 16.0. The predicted octanol–water partition coefficient (Wildman–Crippen LogP) is 3.18. The van der Waals surface area contributed by atoms with Gasteiger partial charge in [0.1, 0.15) is 11.8 Å². The number of carbonyl (C=O) groups is 1. The van der Waals surface area contributed by atoms with Crippen molar-refractivity contribution in [1.82, 2.24) is 9.88 Å². The lowest BCUT2D eigenvalue weighted by molar-refractivity contribution is 0.0745. The van der Waals surface area contributed by atoms with Gasteiger partial charge in [0, 0.05) is 37.3 Å². The second-order valence-electron chi connectivity index (χ2n) is 6.66. The first-order valence-electron chi connectivity index (χ1n) is 9.34. The molecule has 1 fully saturated rings. The highest BCUT2D eigenvalue weighted by molar-refractivity contribution is 5.94. The van der Waals surface area contributed by atoms with Gasteiger partial charge in [-0.3, -0.25) is 4.79 Å². The van der Waals surface area contributed by atoms with Crippen LogP contribution in [0.4, 0.5) is 5.88 Å². The normalized spacial score (nSPS) is 13.8. The minimum Gasteiger partial charge on any atom is -0.497 e. The molecule has 1 aliphatic heterocycles. The number of hydrogen-bond acceptors (Lipinski definition) is 6. The lowest BCUT2D eigenvalue weighted by Crippen LogP contribution is -2.48. The average Bonchev–Trinajstić information content (AvgIpc) is 3.24. The van der Waals surface area contributed by atoms with Crippen molar-refractivity contribution in [3.05, 3.63) is 65.9 Å².